The van der Waals surface area contributed by atoms with Gasteiger partial charge in [-0.2, -0.15) is 0 Å². The maximum absolute atomic E-state index is 12.6. The van der Waals surface area contributed by atoms with E-state index in [4.69, 9.17) is 23.2 Å². The Morgan fingerprint density at radius 2 is 2.00 bits per heavy atom. The summed E-state index contributed by atoms with van der Waals surface area (Å²) in [6.07, 6.45) is 9.11. The third-order valence-corrected chi connectivity index (χ3v) is 7.68. The van der Waals surface area contributed by atoms with E-state index in [1.165, 1.54) is 18.9 Å². The van der Waals surface area contributed by atoms with Gasteiger partial charge in [0.2, 0.25) is 11.8 Å². The Morgan fingerprint density at radius 3 is 2.72 bits per heavy atom. The fraction of sp³-hybridized carbons (Fsp3) is 0.609. The number of likely N-dealkylation sites (tertiary alicyclic amines) is 1. The highest BCUT2D eigenvalue weighted by molar-refractivity contribution is 6.41. The summed E-state index contributed by atoms with van der Waals surface area (Å²) < 4.78 is 0. The molecule has 0 aromatic carbocycles. The second-order valence-electron chi connectivity index (χ2n) is 9.11. The lowest BCUT2D eigenvalue weighted by Gasteiger charge is -2.36. The van der Waals surface area contributed by atoms with E-state index in [2.05, 4.69) is 9.88 Å². The van der Waals surface area contributed by atoms with Crippen molar-refractivity contribution < 1.29 is 14.7 Å². The highest BCUT2D eigenvalue weighted by atomic mass is 35.5. The molecule has 2 saturated heterocycles. The van der Waals surface area contributed by atoms with Crippen molar-refractivity contribution in [3.05, 3.63) is 34.1 Å². The van der Waals surface area contributed by atoms with Gasteiger partial charge in [-0.1, -0.05) is 23.2 Å². The Hall–Kier alpha value is -1.67. The van der Waals surface area contributed by atoms with Crippen LogP contribution in [-0.4, -0.2) is 88.5 Å². The smallest absolute Gasteiger partial charge is 0.246 e. The molecule has 1 aliphatic carbocycles. The van der Waals surface area contributed by atoms with Gasteiger partial charge in [0.1, 0.15) is 5.15 Å². The molecule has 1 spiro atoms. The molecule has 9 heteroatoms. The second-order valence-corrected chi connectivity index (χ2v) is 9.88. The third-order valence-electron chi connectivity index (χ3n) is 6.99. The third kappa shape index (κ3) is 5.63. The van der Waals surface area contributed by atoms with Crippen LogP contribution in [-0.2, 0) is 9.59 Å². The van der Waals surface area contributed by atoms with Gasteiger partial charge in [0, 0.05) is 51.4 Å². The second kappa shape index (κ2) is 10.1. The van der Waals surface area contributed by atoms with Crippen molar-refractivity contribution in [2.45, 2.75) is 38.2 Å². The predicted molar refractivity (Wildman–Crippen MR) is 124 cm³/mol. The van der Waals surface area contributed by atoms with Crippen molar-refractivity contribution in [1.29, 1.82) is 0 Å². The van der Waals surface area contributed by atoms with Gasteiger partial charge in [-0.25, -0.2) is 4.98 Å². The van der Waals surface area contributed by atoms with E-state index in [0.717, 1.165) is 32.5 Å². The van der Waals surface area contributed by atoms with Crippen LogP contribution in [0.2, 0.25) is 10.2 Å². The minimum Gasteiger partial charge on any atom is -0.391 e. The number of carbonyl (C=O) groups excluding carboxylic acids is 2. The number of amides is 2. The van der Waals surface area contributed by atoms with Crippen LogP contribution in [0.25, 0.3) is 6.08 Å². The van der Waals surface area contributed by atoms with Crippen LogP contribution in [0.4, 0.5) is 0 Å². The molecule has 1 atom stereocenters. The zero-order valence-corrected chi connectivity index (χ0v) is 19.7. The first kappa shape index (κ1) is 23.5. The van der Waals surface area contributed by atoms with Crippen LogP contribution in [0.15, 0.2) is 18.3 Å². The average Bonchev–Trinajstić information content (AvgIpc) is 3.58. The van der Waals surface area contributed by atoms with E-state index in [-0.39, 0.29) is 28.5 Å². The van der Waals surface area contributed by atoms with Crippen LogP contribution >= 0.6 is 23.2 Å². The Morgan fingerprint density at radius 1 is 1.19 bits per heavy atom. The van der Waals surface area contributed by atoms with E-state index >= 15 is 0 Å². The zero-order chi connectivity index (χ0) is 22.7. The number of pyridine rings is 1. The summed E-state index contributed by atoms with van der Waals surface area (Å²) in [7, 11) is 0. The van der Waals surface area contributed by atoms with E-state index in [0.29, 0.717) is 43.2 Å². The molecule has 0 radical (unpaired) electrons. The minimum absolute atomic E-state index is 0.0913. The Kier molecular flexibility index (Phi) is 7.40. The standard InChI is InChI=1S/C23H30Cl2N4O3/c24-18-14-17(15-26-22(18)25)2-3-20(31)29-10-4-21(32)28(12-13-29)9-1-8-27-11-7-23(5-6-23)19(30)16-27/h2-3,14-15,19,30H,1,4-13,16H2/b3-2+. The fourth-order valence-corrected chi connectivity index (χ4v) is 4.91. The molecule has 1 aromatic rings. The molecule has 2 aliphatic heterocycles. The quantitative estimate of drug-likeness (QED) is 0.500. The van der Waals surface area contributed by atoms with Gasteiger partial charge in [0.15, 0.2) is 0 Å². The van der Waals surface area contributed by atoms with Crippen molar-refractivity contribution in [2.75, 3.05) is 45.8 Å². The Balaban J connectivity index is 1.22. The van der Waals surface area contributed by atoms with Crippen LogP contribution in [0.1, 0.15) is 37.7 Å². The Bertz CT molecular complexity index is 890. The molecule has 3 fully saturated rings. The van der Waals surface area contributed by atoms with Crippen molar-refractivity contribution in [1.82, 2.24) is 19.7 Å². The van der Waals surface area contributed by atoms with Gasteiger partial charge in [-0.3, -0.25) is 9.59 Å². The van der Waals surface area contributed by atoms with Crippen molar-refractivity contribution in [2.24, 2.45) is 5.41 Å². The molecule has 2 amide bonds. The number of hydrogen-bond donors (Lipinski definition) is 1. The number of hydrogen-bond acceptors (Lipinski definition) is 5. The molecule has 4 rings (SSSR count). The van der Waals surface area contributed by atoms with Gasteiger partial charge in [0.25, 0.3) is 0 Å². The lowest BCUT2D eigenvalue weighted by Crippen LogP contribution is -2.46. The lowest BCUT2D eigenvalue weighted by molar-refractivity contribution is -0.130. The Labute approximate surface area is 199 Å². The SMILES string of the molecule is O=C(/C=C/c1cnc(Cl)c(Cl)c1)N1CCC(=O)N(CCCN2CCC3(CC3)C(O)C2)CC1. The summed E-state index contributed by atoms with van der Waals surface area (Å²) >= 11 is 11.8. The number of β-amino-alcohol motifs (C(OH)–C–C–N with tert-alkyl or cyclic N) is 1. The van der Waals surface area contributed by atoms with Crippen LogP contribution in [0.3, 0.4) is 0 Å². The summed E-state index contributed by atoms with van der Waals surface area (Å²) in [5.41, 5.74) is 0.911. The summed E-state index contributed by atoms with van der Waals surface area (Å²) in [6.45, 7) is 4.82. The van der Waals surface area contributed by atoms with Crippen molar-refractivity contribution in [3.63, 3.8) is 0 Å². The number of aromatic nitrogens is 1. The molecule has 3 heterocycles. The number of carbonyl (C=O) groups is 2. The first-order valence-corrected chi connectivity index (χ1v) is 12.1. The molecule has 3 aliphatic rings. The van der Waals surface area contributed by atoms with Crippen molar-refractivity contribution >= 4 is 41.1 Å². The van der Waals surface area contributed by atoms with Crippen molar-refractivity contribution in [3.8, 4) is 0 Å². The van der Waals surface area contributed by atoms with Gasteiger partial charge in [-0.05, 0) is 61.9 Å². The molecule has 1 aromatic heterocycles. The number of aliphatic hydroxyl groups excluding tert-OH is 1. The average molecular weight is 481 g/mol. The van der Waals surface area contributed by atoms with Gasteiger partial charge in [-0.15, -0.1) is 0 Å². The van der Waals surface area contributed by atoms with Crippen LogP contribution in [0, 0.1) is 5.41 Å². The predicted octanol–water partition coefficient (Wildman–Crippen LogP) is 2.70. The first-order valence-electron chi connectivity index (χ1n) is 11.3. The summed E-state index contributed by atoms with van der Waals surface area (Å²) in [5.74, 6) is -0.0457. The molecule has 7 nitrogen and oxygen atoms in total. The van der Waals surface area contributed by atoms with E-state index in [1.807, 2.05) is 4.90 Å². The monoisotopic (exact) mass is 480 g/mol. The van der Waals surface area contributed by atoms with Gasteiger partial charge < -0.3 is 19.8 Å². The molecule has 1 saturated carbocycles. The number of halogens is 2. The van der Waals surface area contributed by atoms with Gasteiger partial charge >= 0.3 is 0 Å². The number of nitrogens with zero attached hydrogens (tertiary/aromatic N) is 4. The fourth-order valence-electron chi connectivity index (χ4n) is 4.63. The van der Waals surface area contributed by atoms with E-state index < -0.39 is 0 Å². The molecule has 1 unspecified atom stereocenters. The molecular weight excluding hydrogens is 451 g/mol. The normalized spacial score (nSPS) is 23.7. The number of aliphatic hydroxyl groups is 1. The largest absolute Gasteiger partial charge is 0.391 e. The topological polar surface area (TPSA) is 77.0 Å². The van der Waals surface area contributed by atoms with Crippen LogP contribution < -0.4 is 0 Å². The first-order chi connectivity index (χ1) is 15.4. The summed E-state index contributed by atoms with van der Waals surface area (Å²) in [4.78, 5) is 35.0. The van der Waals surface area contributed by atoms with Crippen LogP contribution in [0.5, 0.6) is 0 Å². The molecular formula is C23H30Cl2N4O3. The maximum Gasteiger partial charge on any atom is 0.246 e. The number of rotatable bonds is 6. The summed E-state index contributed by atoms with van der Waals surface area (Å²) in [5, 5.41) is 10.9. The highest BCUT2D eigenvalue weighted by Gasteiger charge is 2.51. The minimum atomic E-state index is -0.205. The highest BCUT2D eigenvalue weighted by Crippen LogP contribution is 2.53. The van der Waals surface area contributed by atoms with E-state index in [1.54, 1.807) is 23.2 Å². The lowest BCUT2D eigenvalue weighted by atomic mass is 9.90. The molecule has 174 valence electrons. The molecule has 32 heavy (non-hydrogen) atoms. The zero-order valence-electron chi connectivity index (χ0n) is 18.2. The molecule has 0 bridgehead atoms. The van der Waals surface area contributed by atoms with Gasteiger partial charge in [0.05, 0.1) is 11.1 Å². The van der Waals surface area contributed by atoms with E-state index in [9.17, 15) is 14.7 Å². The maximum atomic E-state index is 12.6. The number of piperidine rings is 1. The molecule has 1 N–H and O–H groups in total. The summed E-state index contributed by atoms with van der Waals surface area (Å²) in [6, 6.07) is 1.65.